The number of nitrogens with one attached hydrogen (secondary N) is 1. The molecule has 0 amide bonds. The van der Waals surface area contributed by atoms with Crippen molar-refractivity contribution in [2.24, 2.45) is 0 Å². The third-order valence-corrected chi connectivity index (χ3v) is 4.40. The van der Waals surface area contributed by atoms with E-state index in [1.54, 1.807) is 7.11 Å². The predicted octanol–water partition coefficient (Wildman–Crippen LogP) is 5.96. The van der Waals surface area contributed by atoms with Gasteiger partial charge in [0.1, 0.15) is 5.75 Å². The van der Waals surface area contributed by atoms with Crippen molar-refractivity contribution in [1.82, 2.24) is 0 Å². The fourth-order valence-corrected chi connectivity index (χ4v) is 3.63. The third kappa shape index (κ3) is 4.24. The van der Waals surface area contributed by atoms with Crippen LogP contribution < -0.4 is 10.1 Å². The Hall–Kier alpha value is -1.00. The number of anilines is 1. The van der Waals surface area contributed by atoms with Crippen LogP contribution >= 0.6 is 31.9 Å². The van der Waals surface area contributed by atoms with E-state index in [2.05, 4.69) is 81.4 Å². The molecule has 2 aromatic rings. The van der Waals surface area contributed by atoms with Crippen LogP contribution in [0, 0.1) is 0 Å². The first-order valence-electron chi connectivity index (χ1n) is 6.87. The largest absolute Gasteiger partial charge is 0.495 e. The van der Waals surface area contributed by atoms with Crippen LogP contribution in [0.15, 0.2) is 45.3 Å². The maximum atomic E-state index is 5.46. The van der Waals surface area contributed by atoms with Gasteiger partial charge in [0.15, 0.2) is 0 Å². The lowest BCUT2D eigenvalue weighted by atomic mass is 10.0. The summed E-state index contributed by atoms with van der Waals surface area (Å²) in [6, 6.07) is 12.6. The molecule has 0 unspecified atom stereocenters. The van der Waals surface area contributed by atoms with E-state index in [4.69, 9.17) is 4.74 Å². The summed E-state index contributed by atoms with van der Waals surface area (Å²) in [5.74, 6) is 1.42. The van der Waals surface area contributed by atoms with E-state index >= 15 is 0 Å². The van der Waals surface area contributed by atoms with Crippen molar-refractivity contribution >= 4 is 37.5 Å². The fraction of sp³-hybridized carbons (Fsp3) is 0.294. The standard InChI is InChI=1S/C17H19Br2NO/c1-11(2)12-4-6-15(7-5-12)20-10-13-8-14(18)9-16(19)17(13)21-3/h4-9,11,20H,10H2,1-3H3. The van der Waals surface area contributed by atoms with Gasteiger partial charge in [0.05, 0.1) is 11.6 Å². The number of hydrogen-bond donors (Lipinski definition) is 1. The van der Waals surface area contributed by atoms with Gasteiger partial charge in [-0.25, -0.2) is 0 Å². The van der Waals surface area contributed by atoms with Gasteiger partial charge in [-0.1, -0.05) is 41.9 Å². The SMILES string of the molecule is COc1c(Br)cc(Br)cc1CNc1ccc(C(C)C)cc1. The Kier molecular flexibility index (Phi) is 5.71. The van der Waals surface area contributed by atoms with Gasteiger partial charge < -0.3 is 10.1 Å². The molecule has 112 valence electrons. The Labute approximate surface area is 143 Å². The van der Waals surface area contributed by atoms with Gasteiger partial charge in [-0.15, -0.1) is 0 Å². The summed E-state index contributed by atoms with van der Waals surface area (Å²) in [6.45, 7) is 5.11. The molecule has 0 aromatic heterocycles. The Bertz CT molecular complexity index is 609. The van der Waals surface area contributed by atoms with Crippen molar-refractivity contribution in [3.63, 3.8) is 0 Å². The smallest absolute Gasteiger partial charge is 0.138 e. The Balaban J connectivity index is 2.12. The molecule has 0 saturated heterocycles. The highest BCUT2D eigenvalue weighted by atomic mass is 79.9. The molecule has 1 N–H and O–H groups in total. The van der Waals surface area contributed by atoms with Gasteiger partial charge in [0, 0.05) is 22.3 Å². The van der Waals surface area contributed by atoms with Crippen molar-refractivity contribution in [3.05, 3.63) is 56.5 Å². The van der Waals surface area contributed by atoms with Gasteiger partial charge in [-0.3, -0.25) is 0 Å². The van der Waals surface area contributed by atoms with E-state index in [9.17, 15) is 0 Å². The summed E-state index contributed by atoms with van der Waals surface area (Å²) < 4.78 is 7.44. The summed E-state index contributed by atoms with van der Waals surface area (Å²) in [4.78, 5) is 0. The summed E-state index contributed by atoms with van der Waals surface area (Å²) in [5, 5.41) is 3.43. The van der Waals surface area contributed by atoms with Crippen LogP contribution in [0.3, 0.4) is 0 Å². The molecule has 4 heteroatoms. The first-order chi connectivity index (χ1) is 10.0. The highest BCUT2D eigenvalue weighted by Crippen LogP contribution is 2.33. The van der Waals surface area contributed by atoms with E-state index in [1.165, 1.54) is 5.56 Å². The summed E-state index contributed by atoms with van der Waals surface area (Å²) >= 11 is 7.04. The molecule has 0 fully saturated rings. The van der Waals surface area contributed by atoms with E-state index in [1.807, 2.05) is 6.07 Å². The molecule has 0 radical (unpaired) electrons. The molecular weight excluding hydrogens is 394 g/mol. The maximum Gasteiger partial charge on any atom is 0.138 e. The van der Waals surface area contributed by atoms with Crippen LogP contribution in [0.4, 0.5) is 5.69 Å². The lowest BCUT2D eigenvalue weighted by molar-refractivity contribution is 0.407. The first kappa shape index (κ1) is 16.4. The van der Waals surface area contributed by atoms with Crippen LogP contribution in [0.1, 0.15) is 30.9 Å². The predicted molar refractivity (Wildman–Crippen MR) is 96.3 cm³/mol. The molecule has 21 heavy (non-hydrogen) atoms. The van der Waals surface area contributed by atoms with Gasteiger partial charge >= 0.3 is 0 Å². The zero-order valence-corrected chi connectivity index (χ0v) is 15.6. The second-order valence-corrected chi connectivity index (χ2v) is 6.98. The van der Waals surface area contributed by atoms with Crippen LogP contribution in [0.25, 0.3) is 0 Å². The highest BCUT2D eigenvalue weighted by molar-refractivity contribution is 9.11. The molecule has 0 bridgehead atoms. The van der Waals surface area contributed by atoms with E-state index in [-0.39, 0.29) is 0 Å². The summed E-state index contributed by atoms with van der Waals surface area (Å²) in [7, 11) is 1.69. The third-order valence-electron chi connectivity index (χ3n) is 3.35. The minimum Gasteiger partial charge on any atom is -0.495 e. The van der Waals surface area contributed by atoms with E-state index < -0.39 is 0 Å². The van der Waals surface area contributed by atoms with Crippen molar-refractivity contribution in [3.8, 4) is 5.75 Å². The topological polar surface area (TPSA) is 21.3 Å². The van der Waals surface area contributed by atoms with Crippen molar-refractivity contribution in [2.75, 3.05) is 12.4 Å². The molecule has 0 atom stereocenters. The molecule has 0 aliphatic rings. The van der Waals surface area contributed by atoms with Crippen molar-refractivity contribution in [1.29, 1.82) is 0 Å². The van der Waals surface area contributed by atoms with Crippen molar-refractivity contribution in [2.45, 2.75) is 26.3 Å². The zero-order valence-electron chi connectivity index (χ0n) is 12.4. The zero-order chi connectivity index (χ0) is 15.4. The molecule has 0 heterocycles. The van der Waals surface area contributed by atoms with Crippen LogP contribution in [0.2, 0.25) is 0 Å². The second-order valence-electron chi connectivity index (χ2n) is 5.21. The number of hydrogen-bond acceptors (Lipinski definition) is 2. The van der Waals surface area contributed by atoms with Crippen LogP contribution in [-0.4, -0.2) is 7.11 Å². The molecule has 0 aliphatic heterocycles. The van der Waals surface area contributed by atoms with Crippen LogP contribution in [0.5, 0.6) is 5.75 Å². The monoisotopic (exact) mass is 411 g/mol. The Morgan fingerprint density at radius 2 is 1.76 bits per heavy atom. The molecule has 0 aliphatic carbocycles. The number of ether oxygens (including phenoxy) is 1. The van der Waals surface area contributed by atoms with Gasteiger partial charge in [-0.2, -0.15) is 0 Å². The molecule has 2 rings (SSSR count). The van der Waals surface area contributed by atoms with Crippen molar-refractivity contribution < 1.29 is 4.74 Å². The number of methoxy groups -OCH3 is 1. The summed E-state index contributed by atoms with van der Waals surface area (Å²) in [6.07, 6.45) is 0. The Morgan fingerprint density at radius 1 is 1.10 bits per heavy atom. The minimum atomic E-state index is 0.556. The highest BCUT2D eigenvalue weighted by Gasteiger charge is 2.09. The van der Waals surface area contributed by atoms with E-state index in [0.717, 1.165) is 25.9 Å². The lowest BCUT2D eigenvalue weighted by Gasteiger charge is -2.13. The maximum absolute atomic E-state index is 5.46. The van der Waals surface area contributed by atoms with Gasteiger partial charge in [0.2, 0.25) is 0 Å². The normalized spacial score (nSPS) is 10.8. The number of rotatable bonds is 5. The molecule has 2 nitrogen and oxygen atoms in total. The minimum absolute atomic E-state index is 0.556. The molecule has 2 aromatic carbocycles. The second kappa shape index (κ2) is 7.32. The number of benzene rings is 2. The van der Waals surface area contributed by atoms with E-state index in [0.29, 0.717) is 12.5 Å². The number of halogens is 2. The quantitative estimate of drug-likeness (QED) is 0.654. The molecule has 0 spiro atoms. The lowest BCUT2D eigenvalue weighted by Crippen LogP contribution is -2.02. The molecular formula is C17H19Br2NO. The average Bonchev–Trinajstić information content (AvgIpc) is 2.45. The molecule has 0 saturated carbocycles. The first-order valence-corrected chi connectivity index (χ1v) is 8.45. The Morgan fingerprint density at radius 3 is 2.33 bits per heavy atom. The summed E-state index contributed by atoms with van der Waals surface area (Å²) in [5.41, 5.74) is 3.56. The fourth-order valence-electron chi connectivity index (χ4n) is 2.16. The van der Waals surface area contributed by atoms with Crippen LogP contribution in [-0.2, 0) is 6.54 Å². The van der Waals surface area contributed by atoms with Gasteiger partial charge in [0.25, 0.3) is 0 Å². The average molecular weight is 413 g/mol. The van der Waals surface area contributed by atoms with Gasteiger partial charge in [-0.05, 0) is 51.7 Å².